The van der Waals surface area contributed by atoms with Crippen LogP contribution in [0.4, 0.5) is 0 Å². The number of carbonyl (C=O) groups excluding carboxylic acids is 2. The summed E-state index contributed by atoms with van der Waals surface area (Å²) < 4.78 is 0. The molecule has 0 radical (unpaired) electrons. The Morgan fingerprint density at radius 3 is 2.43 bits per heavy atom. The number of hydrogen-bond acceptors (Lipinski definition) is 4. The lowest BCUT2D eigenvalue weighted by Gasteiger charge is -2.37. The van der Waals surface area contributed by atoms with Crippen LogP contribution < -0.4 is 0 Å². The molecule has 2 aliphatic heterocycles. The van der Waals surface area contributed by atoms with E-state index in [0.29, 0.717) is 13.0 Å². The van der Waals surface area contributed by atoms with Gasteiger partial charge in [-0.05, 0) is 5.56 Å². The molecule has 5 nitrogen and oxygen atoms in total. The van der Waals surface area contributed by atoms with Crippen LogP contribution in [0.2, 0.25) is 0 Å². The van der Waals surface area contributed by atoms with Crippen molar-refractivity contribution in [3.63, 3.8) is 0 Å². The molecule has 5 heteroatoms. The first-order valence-corrected chi connectivity index (χ1v) is 8.14. The zero-order valence-electron chi connectivity index (χ0n) is 13.4. The number of amides is 2. The minimum absolute atomic E-state index is 0.0635. The van der Waals surface area contributed by atoms with E-state index in [9.17, 15) is 9.59 Å². The molecule has 2 aliphatic rings. The molecule has 1 aromatic rings. The summed E-state index contributed by atoms with van der Waals surface area (Å²) in [7, 11) is 0. The molecule has 122 valence electrons. The van der Waals surface area contributed by atoms with Gasteiger partial charge in [0, 0.05) is 39.3 Å². The van der Waals surface area contributed by atoms with Gasteiger partial charge >= 0.3 is 0 Å². The highest BCUT2D eigenvalue weighted by Gasteiger charge is 2.41. The molecule has 1 atom stereocenters. The van der Waals surface area contributed by atoms with Gasteiger partial charge in [-0.25, -0.2) is 0 Å². The molecular formula is C18H23N3O2. The highest BCUT2D eigenvalue weighted by atomic mass is 16.2. The lowest BCUT2D eigenvalue weighted by Crippen LogP contribution is -2.52. The summed E-state index contributed by atoms with van der Waals surface area (Å²) in [5.74, 6) is -0.141. The second-order valence-corrected chi connectivity index (χ2v) is 6.15. The number of carbonyl (C=O) groups is 2. The summed E-state index contributed by atoms with van der Waals surface area (Å²) in [6.45, 7) is 8.39. The molecule has 2 fully saturated rings. The van der Waals surface area contributed by atoms with Gasteiger partial charge in [0.1, 0.15) is 0 Å². The van der Waals surface area contributed by atoms with Crippen LogP contribution in [0, 0.1) is 0 Å². The number of nitrogens with zero attached hydrogens (tertiary/aromatic N) is 3. The van der Waals surface area contributed by atoms with Crippen molar-refractivity contribution in [3.8, 4) is 0 Å². The number of imide groups is 1. The van der Waals surface area contributed by atoms with Gasteiger partial charge in [-0.15, -0.1) is 6.58 Å². The molecule has 0 unspecified atom stereocenters. The van der Waals surface area contributed by atoms with E-state index in [0.717, 1.165) is 32.7 Å². The summed E-state index contributed by atoms with van der Waals surface area (Å²) in [5, 5.41) is 0. The van der Waals surface area contributed by atoms with E-state index in [2.05, 4.69) is 40.6 Å². The Bertz CT molecular complexity index is 579. The normalized spacial score (nSPS) is 23.5. The van der Waals surface area contributed by atoms with Crippen LogP contribution in [-0.4, -0.2) is 65.3 Å². The highest BCUT2D eigenvalue weighted by Crippen LogP contribution is 2.20. The maximum Gasteiger partial charge on any atom is 0.247 e. The summed E-state index contributed by atoms with van der Waals surface area (Å²) in [6.07, 6.45) is 1.92. The first-order valence-electron chi connectivity index (χ1n) is 8.14. The Hall–Kier alpha value is -1.98. The zero-order valence-corrected chi connectivity index (χ0v) is 13.4. The fourth-order valence-electron chi connectivity index (χ4n) is 3.35. The largest absolute Gasteiger partial charge is 0.297 e. The van der Waals surface area contributed by atoms with Crippen LogP contribution in [0.5, 0.6) is 0 Å². The van der Waals surface area contributed by atoms with Crippen molar-refractivity contribution in [2.24, 2.45) is 0 Å². The predicted molar refractivity (Wildman–Crippen MR) is 88.6 cm³/mol. The monoisotopic (exact) mass is 313 g/mol. The predicted octanol–water partition coefficient (Wildman–Crippen LogP) is 1.12. The van der Waals surface area contributed by atoms with E-state index in [-0.39, 0.29) is 17.9 Å². The topological polar surface area (TPSA) is 43.9 Å². The Kier molecular flexibility index (Phi) is 4.88. The van der Waals surface area contributed by atoms with Crippen LogP contribution in [-0.2, 0) is 16.1 Å². The minimum atomic E-state index is -0.277. The summed E-state index contributed by atoms with van der Waals surface area (Å²) in [6, 6.07) is 10.1. The molecule has 0 aromatic heterocycles. The maximum absolute atomic E-state index is 12.4. The van der Waals surface area contributed by atoms with Crippen molar-refractivity contribution in [1.29, 1.82) is 0 Å². The van der Waals surface area contributed by atoms with Gasteiger partial charge in [0.25, 0.3) is 0 Å². The van der Waals surface area contributed by atoms with Gasteiger partial charge < -0.3 is 0 Å². The quantitative estimate of drug-likeness (QED) is 0.603. The Labute approximate surface area is 137 Å². The van der Waals surface area contributed by atoms with E-state index in [4.69, 9.17) is 0 Å². The van der Waals surface area contributed by atoms with Gasteiger partial charge in [-0.1, -0.05) is 36.4 Å². The summed E-state index contributed by atoms with van der Waals surface area (Å²) in [5.41, 5.74) is 1.31. The number of hydrogen-bond donors (Lipinski definition) is 0. The van der Waals surface area contributed by atoms with Gasteiger partial charge in [-0.3, -0.25) is 24.3 Å². The third kappa shape index (κ3) is 3.51. The fourth-order valence-corrected chi connectivity index (χ4v) is 3.35. The third-order valence-corrected chi connectivity index (χ3v) is 4.63. The Morgan fingerprint density at radius 1 is 1.09 bits per heavy atom. The molecule has 2 heterocycles. The molecule has 2 amide bonds. The smallest absolute Gasteiger partial charge is 0.247 e. The number of likely N-dealkylation sites (tertiary alicyclic amines) is 1. The van der Waals surface area contributed by atoms with Crippen LogP contribution in [0.15, 0.2) is 43.0 Å². The Morgan fingerprint density at radius 2 is 1.78 bits per heavy atom. The van der Waals surface area contributed by atoms with E-state index in [1.807, 2.05) is 6.07 Å². The zero-order chi connectivity index (χ0) is 16.2. The summed E-state index contributed by atoms with van der Waals surface area (Å²) in [4.78, 5) is 30.2. The van der Waals surface area contributed by atoms with Gasteiger partial charge in [0.05, 0.1) is 12.5 Å². The van der Waals surface area contributed by atoms with Crippen molar-refractivity contribution in [2.75, 3.05) is 32.7 Å². The number of rotatable bonds is 5. The van der Waals surface area contributed by atoms with Gasteiger partial charge in [-0.2, -0.15) is 0 Å². The molecule has 0 N–H and O–H groups in total. The van der Waals surface area contributed by atoms with Crippen molar-refractivity contribution in [1.82, 2.24) is 14.7 Å². The SMILES string of the molecule is C=CCN1C(=O)C[C@@H](N2CCN(Cc3ccccc3)CC2)C1=O. The first-order chi connectivity index (χ1) is 11.2. The van der Waals surface area contributed by atoms with E-state index in [1.54, 1.807) is 6.08 Å². The lowest BCUT2D eigenvalue weighted by atomic mass is 10.1. The standard InChI is InChI=1S/C18H23N3O2/c1-2-8-21-17(22)13-16(18(21)23)20-11-9-19(10-12-20)14-15-6-4-3-5-7-15/h2-7,16H,1,8-14H2/t16-/m1/s1. The molecule has 1 aromatic carbocycles. The van der Waals surface area contributed by atoms with Gasteiger partial charge in [0.2, 0.25) is 11.8 Å². The average Bonchev–Trinajstić information content (AvgIpc) is 2.85. The van der Waals surface area contributed by atoms with E-state index >= 15 is 0 Å². The van der Waals surface area contributed by atoms with Crippen molar-refractivity contribution in [2.45, 2.75) is 19.0 Å². The molecule has 23 heavy (non-hydrogen) atoms. The van der Waals surface area contributed by atoms with Crippen LogP contribution in [0.3, 0.4) is 0 Å². The van der Waals surface area contributed by atoms with Crippen LogP contribution in [0.25, 0.3) is 0 Å². The second kappa shape index (κ2) is 7.06. The second-order valence-electron chi connectivity index (χ2n) is 6.15. The van der Waals surface area contributed by atoms with Crippen LogP contribution in [0.1, 0.15) is 12.0 Å². The molecule has 0 spiro atoms. The highest BCUT2D eigenvalue weighted by molar-refractivity contribution is 6.05. The fraction of sp³-hybridized carbons (Fsp3) is 0.444. The molecule has 3 rings (SSSR count). The molecular weight excluding hydrogens is 290 g/mol. The molecule has 2 saturated heterocycles. The lowest BCUT2D eigenvalue weighted by molar-refractivity contribution is -0.139. The molecule has 0 saturated carbocycles. The number of piperazine rings is 1. The van der Waals surface area contributed by atoms with E-state index < -0.39 is 0 Å². The third-order valence-electron chi connectivity index (χ3n) is 4.63. The summed E-state index contributed by atoms with van der Waals surface area (Å²) >= 11 is 0. The van der Waals surface area contributed by atoms with Crippen LogP contribution >= 0.6 is 0 Å². The Balaban J connectivity index is 1.54. The van der Waals surface area contributed by atoms with Gasteiger partial charge in [0.15, 0.2) is 0 Å². The van der Waals surface area contributed by atoms with Crippen molar-refractivity contribution in [3.05, 3.63) is 48.6 Å². The van der Waals surface area contributed by atoms with Crippen molar-refractivity contribution < 1.29 is 9.59 Å². The molecule has 0 aliphatic carbocycles. The average molecular weight is 313 g/mol. The van der Waals surface area contributed by atoms with E-state index in [1.165, 1.54) is 10.5 Å². The molecule has 0 bridgehead atoms. The number of benzene rings is 1. The first kappa shape index (κ1) is 15.9. The maximum atomic E-state index is 12.4. The minimum Gasteiger partial charge on any atom is -0.297 e. The van der Waals surface area contributed by atoms with Crippen molar-refractivity contribution >= 4 is 11.8 Å².